The van der Waals surface area contributed by atoms with Crippen LogP contribution in [0, 0.1) is 69.5 Å². The van der Waals surface area contributed by atoms with Crippen molar-refractivity contribution in [3.05, 3.63) is 148 Å². The molecule has 1 fully saturated rings. The molecule has 4 rings (SSSR count). The van der Waals surface area contributed by atoms with Gasteiger partial charge in [-0.25, -0.2) is 4.79 Å². The van der Waals surface area contributed by atoms with Crippen LogP contribution in [0.3, 0.4) is 0 Å². The molecule has 3 atom stereocenters. The first kappa shape index (κ1) is 68.2. The van der Waals surface area contributed by atoms with E-state index in [4.69, 9.17) is 41.5 Å². The number of rotatable bonds is 9. The molecule has 0 N–H and O–H groups in total. The molecule has 0 bridgehead atoms. The monoisotopic (exact) mass is 990 g/mol. The van der Waals surface area contributed by atoms with Crippen LogP contribution in [-0.4, -0.2) is 53.5 Å². The molecule has 3 aromatic rings. The second kappa shape index (κ2) is 36.5. The number of ketones is 1. The quantitative estimate of drug-likeness (QED) is 0.0573. The predicted octanol–water partition coefficient (Wildman–Crippen LogP) is 6.67. The molecule has 64 heavy (non-hydrogen) atoms. The SMILES string of the molecule is CC(C)(C)[Si](C)(C)O[C@H]1C(=O)C[C@H](C#C/C(=C\C#CC=O)CO[Si](c2ccccc2)(c2ccccc2)C(C)(C)C)[C@@H]1OC(=O)c1ccccc1.[C-]#[O+].[C-]#[O+].[C-]#[O+].[C-]#[O+].[C-]#[O+].[C-]#[O+].[Co].[Co]. The van der Waals surface area contributed by atoms with Crippen LogP contribution in [0.5, 0.6) is 0 Å². The molecular formula is C48H48Co2O12Si2. The molecule has 12 nitrogen and oxygen atoms in total. The van der Waals surface area contributed by atoms with E-state index in [1.807, 2.05) is 42.5 Å². The van der Waals surface area contributed by atoms with Crippen LogP contribution in [0.4, 0.5) is 0 Å². The summed E-state index contributed by atoms with van der Waals surface area (Å²) in [6.07, 6.45) is 0.351. The summed E-state index contributed by atoms with van der Waals surface area (Å²) in [5.74, 6) is 10.4. The summed E-state index contributed by atoms with van der Waals surface area (Å²) in [4.78, 5) is 38.1. The number of benzene rings is 3. The molecule has 0 unspecified atom stereocenters. The van der Waals surface area contributed by atoms with Crippen LogP contribution in [0.25, 0.3) is 0 Å². The number of esters is 1. The minimum absolute atomic E-state index is 0. The Hall–Kier alpha value is -4.86. The number of allylic oxidation sites excluding steroid dienone is 1. The molecule has 0 aromatic heterocycles. The van der Waals surface area contributed by atoms with E-state index < -0.39 is 40.7 Å². The van der Waals surface area contributed by atoms with E-state index >= 15 is 0 Å². The van der Waals surface area contributed by atoms with E-state index in [9.17, 15) is 14.4 Å². The number of Topliss-reactive ketones (excluding diaryl/α,β-unsaturated/α-hetero) is 1. The van der Waals surface area contributed by atoms with Gasteiger partial charge in [0.2, 0.25) is 0 Å². The zero-order chi connectivity index (χ0) is 48.6. The minimum atomic E-state index is -2.92. The second-order valence-electron chi connectivity index (χ2n) is 15.1. The van der Waals surface area contributed by atoms with E-state index in [0.717, 1.165) is 10.4 Å². The molecule has 1 aliphatic carbocycles. The molecule has 2 radical (unpaired) electrons. The molecule has 16 heteroatoms. The fraction of sp³-hybridized carbons (Fsp3) is 0.312. The summed E-state index contributed by atoms with van der Waals surface area (Å²) in [6.45, 7) is 44.1. The summed E-state index contributed by atoms with van der Waals surface area (Å²) < 4.78 is 64.8. The molecule has 3 aromatic carbocycles. The van der Waals surface area contributed by atoms with Crippen molar-refractivity contribution in [2.75, 3.05) is 6.61 Å². The molecule has 0 saturated heterocycles. The van der Waals surface area contributed by atoms with Gasteiger partial charge in [-0.2, -0.15) is 0 Å². The smallest absolute Gasteiger partial charge is 0 e. The van der Waals surface area contributed by atoms with E-state index in [-0.39, 0.29) is 62.4 Å². The molecule has 0 aliphatic heterocycles. The topological polar surface area (TPSA) is 198 Å². The van der Waals surface area contributed by atoms with Gasteiger partial charge in [0, 0.05) is 51.6 Å². The van der Waals surface area contributed by atoms with Gasteiger partial charge in [-0.1, -0.05) is 138 Å². The molecule has 338 valence electrons. The molecule has 0 heterocycles. The van der Waals surface area contributed by atoms with Crippen molar-refractivity contribution in [2.45, 2.75) is 83.3 Å². The number of hydrogen-bond donors (Lipinski definition) is 0. The van der Waals surface area contributed by atoms with Crippen LogP contribution in [0.2, 0.25) is 23.2 Å². The van der Waals surface area contributed by atoms with Gasteiger partial charge in [0.05, 0.1) is 18.1 Å². The fourth-order valence-electron chi connectivity index (χ4n) is 5.92. The van der Waals surface area contributed by atoms with E-state index in [1.165, 1.54) is 0 Å². The Morgan fingerprint density at radius 1 is 0.703 bits per heavy atom. The number of carbonyl (C=O) groups is 3. The maximum Gasteiger partial charge on any atom is 0 e. The number of aldehydes is 1. The maximum absolute atomic E-state index is 13.6. The number of carbonyl (C=O) groups excluding carboxylic acids is 3. The van der Waals surface area contributed by atoms with Gasteiger partial charge in [0.15, 0.2) is 20.4 Å². The first-order valence-electron chi connectivity index (χ1n) is 18.2. The average Bonchev–Trinajstić information content (AvgIpc) is 3.58. The van der Waals surface area contributed by atoms with Crippen LogP contribution in [-0.2, 0) is 84.6 Å². The molecule has 0 amide bonds. The summed E-state index contributed by atoms with van der Waals surface area (Å²) in [6, 6.07) is 29.3. The van der Waals surface area contributed by atoms with Gasteiger partial charge in [-0.3, -0.25) is 9.59 Å². The van der Waals surface area contributed by atoms with Crippen molar-refractivity contribution in [3.63, 3.8) is 0 Å². The third-order valence-electron chi connectivity index (χ3n) is 9.58. The summed E-state index contributed by atoms with van der Waals surface area (Å²) in [5, 5.41) is 1.79. The Balaban J connectivity index is -0.000000764. The summed E-state index contributed by atoms with van der Waals surface area (Å²) >= 11 is 0. The molecule has 1 aliphatic rings. The van der Waals surface area contributed by atoms with E-state index in [0.29, 0.717) is 17.4 Å². The van der Waals surface area contributed by atoms with Crippen molar-refractivity contribution < 1.29 is 89.4 Å². The summed E-state index contributed by atoms with van der Waals surface area (Å²) in [7, 11) is -5.36. The molecule has 0 spiro atoms. The van der Waals surface area contributed by atoms with Crippen molar-refractivity contribution in [1.29, 1.82) is 0 Å². The Bertz CT molecular complexity index is 2020. The Labute approximate surface area is 400 Å². The maximum atomic E-state index is 13.6. The zero-order valence-electron chi connectivity index (χ0n) is 36.5. The standard InChI is InChI=1S/C42H48O6Si2.6CO.2Co/c1-41(2,3)49(7,8)48-39-37(44)30-34(38(39)47-40(45)33-21-12-9-13-22-33)28-27-32(20-18-19-29-43)31-46-50(42(4,5)6,35-23-14-10-15-24-35)36-25-16-11-17-26-36;6*1-2;;/h9-17,20-26,29,34,38-39H,30-31H2,1-8H3;;;;;;;;/b32-20+;;;;;;;;/t34-,38-,39-;;;;;;;;/m0......../s1. The number of hydrogen-bond acceptors (Lipinski definition) is 6. The number of ether oxygens (including phenoxy) is 1. The van der Waals surface area contributed by atoms with E-state index in [1.54, 1.807) is 30.3 Å². The predicted molar refractivity (Wildman–Crippen MR) is 228 cm³/mol. The van der Waals surface area contributed by atoms with Gasteiger partial charge in [0.1, 0.15) is 12.2 Å². The summed E-state index contributed by atoms with van der Waals surface area (Å²) in [5.41, 5.74) is 0.926. The Morgan fingerprint density at radius 2 is 1.12 bits per heavy atom. The van der Waals surface area contributed by atoms with Crippen LogP contribution in [0.1, 0.15) is 58.3 Å². The molecular weight excluding hydrogens is 943 g/mol. The minimum Gasteiger partial charge on any atom is 0 e. The van der Waals surface area contributed by atoms with Gasteiger partial charge in [-0.05, 0) is 51.6 Å². The van der Waals surface area contributed by atoms with Crippen LogP contribution in [0.15, 0.2) is 103 Å². The van der Waals surface area contributed by atoms with E-state index in [2.05, 4.69) is 142 Å². The van der Waals surface area contributed by atoms with Gasteiger partial charge in [0.25, 0.3) is 8.32 Å². The molecule has 1 saturated carbocycles. The van der Waals surface area contributed by atoms with Crippen molar-refractivity contribution in [3.8, 4) is 23.7 Å². The Kier molecular flexibility index (Phi) is 38.9. The van der Waals surface area contributed by atoms with Crippen molar-refractivity contribution in [1.82, 2.24) is 0 Å². The van der Waals surface area contributed by atoms with Gasteiger partial charge in [-0.15, -0.1) is 0 Å². The van der Waals surface area contributed by atoms with Gasteiger partial charge < -0.3 is 13.6 Å². The van der Waals surface area contributed by atoms with Crippen molar-refractivity contribution >= 4 is 45.0 Å². The van der Waals surface area contributed by atoms with Crippen LogP contribution < -0.4 is 10.4 Å². The third kappa shape index (κ3) is 20.3. The zero-order valence-corrected chi connectivity index (χ0v) is 40.6. The largest absolute Gasteiger partial charge is 0 e. The fourth-order valence-corrected chi connectivity index (χ4v) is 11.7. The third-order valence-corrected chi connectivity index (χ3v) is 19.0. The second-order valence-corrected chi connectivity index (χ2v) is 24.2. The normalized spacial score (nSPS) is 14.5. The first-order valence-corrected chi connectivity index (χ1v) is 23.0. The van der Waals surface area contributed by atoms with Crippen LogP contribution >= 0.6 is 0 Å². The van der Waals surface area contributed by atoms with Gasteiger partial charge >= 0.3 is 73.8 Å². The Morgan fingerprint density at radius 3 is 1.52 bits per heavy atom. The average molecular weight is 991 g/mol. The van der Waals surface area contributed by atoms with Crippen molar-refractivity contribution in [2.24, 2.45) is 5.92 Å². The first-order chi connectivity index (χ1) is 29.6.